The van der Waals surface area contributed by atoms with Gasteiger partial charge in [-0.15, -0.1) is 0 Å². The molecule has 0 aromatic heterocycles. The Morgan fingerprint density at radius 1 is 0.712 bits per heavy atom. The van der Waals surface area contributed by atoms with Crippen molar-refractivity contribution in [1.29, 1.82) is 0 Å². The molecule has 0 saturated heterocycles. The van der Waals surface area contributed by atoms with E-state index in [2.05, 4.69) is 5.32 Å². The minimum atomic E-state index is -4.49. The second kappa shape index (κ2) is 18.0. The van der Waals surface area contributed by atoms with E-state index in [0.717, 1.165) is 55.5 Å². The van der Waals surface area contributed by atoms with Crippen LogP contribution >= 0.6 is 0 Å². The van der Waals surface area contributed by atoms with Crippen molar-refractivity contribution in [3.63, 3.8) is 0 Å². The largest absolute Gasteiger partial charge is 0.480 e. The first-order valence-electron chi connectivity index (χ1n) is 21.5. The number of carboxylic acids is 1. The first kappa shape index (κ1) is 48.4. The molecule has 350 valence electrons. The summed E-state index contributed by atoms with van der Waals surface area (Å²) in [6, 6.07) is 23.6. The van der Waals surface area contributed by atoms with Crippen LogP contribution in [0.15, 0.2) is 120 Å². The number of anilines is 1. The van der Waals surface area contributed by atoms with Crippen molar-refractivity contribution in [2.75, 3.05) is 41.8 Å². The lowest BCUT2D eigenvalue weighted by atomic mass is 9.71. The molecule has 18 heteroatoms. The molecule has 3 aliphatic rings. The Balaban J connectivity index is 1.36. The third-order valence-electron chi connectivity index (χ3n) is 12.9. The van der Waals surface area contributed by atoms with E-state index in [1.807, 2.05) is 122 Å². The van der Waals surface area contributed by atoms with Gasteiger partial charge in [-0.2, -0.15) is 29.8 Å². The lowest BCUT2D eigenvalue weighted by Gasteiger charge is -2.33. The summed E-state index contributed by atoms with van der Waals surface area (Å²) < 4.78 is 101. The highest BCUT2D eigenvalue weighted by Gasteiger charge is 2.50. The van der Waals surface area contributed by atoms with Gasteiger partial charge in [0.15, 0.2) is 11.1 Å². The number of hydrogen-bond donors (Lipinski definition) is 5. The molecule has 0 radical (unpaired) electrons. The van der Waals surface area contributed by atoms with E-state index in [4.69, 9.17) is 0 Å². The van der Waals surface area contributed by atoms with Gasteiger partial charge < -0.3 is 15.3 Å². The lowest BCUT2D eigenvalue weighted by Crippen LogP contribution is -2.49. The van der Waals surface area contributed by atoms with Crippen LogP contribution in [-0.4, -0.2) is 103 Å². The van der Waals surface area contributed by atoms with Crippen LogP contribution < -0.4 is 10.2 Å². The molecule has 0 saturated carbocycles. The van der Waals surface area contributed by atoms with Gasteiger partial charge in [0, 0.05) is 54.0 Å². The molecule has 0 fully saturated rings. The summed E-state index contributed by atoms with van der Waals surface area (Å²) in [6.07, 6.45) is 8.49. The Morgan fingerprint density at radius 3 is 1.92 bits per heavy atom. The van der Waals surface area contributed by atoms with Gasteiger partial charge in [-0.25, -0.2) is 0 Å². The van der Waals surface area contributed by atoms with Gasteiger partial charge >= 0.3 is 5.97 Å². The van der Waals surface area contributed by atoms with Gasteiger partial charge in [0.05, 0.1) is 22.7 Å². The van der Waals surface area contributed by atoms with E-state index >= 15 is 0 Å². The Hall–Kier alpha value is -5.50. The minimum absolute atomic E-state index is 0.0947. The van der Waals surface area contributed by atoms with Crippen LogP contribution in [0.5, 0.6) is 0 Å². The highest BCUT2D eigenvalue weighted by atomic mass is 32.2. The molecule has 2 heterocycles. The highest BCUT2D eigenvalue weighted by Crippen LogP contribution is 2.51. The average Bonchev–Trinajstić information content (AvgIpc) is 3.58. The van der Waals surface area contributed by atoms with Crippen molar-refractivity contribution in [3.05, 3.63) is 131 Å². The maximum absolute atomic E-state index is 14.1. The Labute approximate surface area is 385 Å². The fourth-order valence-electron chi connectivity index (χ4n) is 9.92. The molecule has 4 aromatic rings. The van der Waals surface area contributed by atoms with E-state index < -0.39 is 82.3 Å². The van der Waals surface area contributed by atoms with Gasteiger partial charge in [0.1, 0.15) is 6.54 Å². The van der Waals surface area contributed by atoms with Crippen molar-refractivity contribution in [2.45, 2.75) is 64.2 Å². The molecule has 4 aromatic carbocycles. The minimum Gasteiger partial charge on any atom is -0.480 e. The Morgan fingerprint density at radius 2 is 1.30 bits per heavy atom. The lowest BCUT2D eigenvalue weighted by molar-refractivity contribution is -0.437. The molecule has 2 aliphatic heterocycles. The molecule has 15 nitrogen and oxygen atoms in total. The van der Waals surface area contributed by atoms with E-state index in [0.29, 0.717) is 11.1 Å². The maximum Gasteiger partial charge on any atom is 0.319 e. The summed E-state index contributed by atoms with van der Waals surface area (Å²) in [5.74, 6) is -4.19. The zero-order chi connectivity index (χ0) is 48.0. The smallest absolute Gasteiger partial charge is 0.319 e. The molecule has 1 amide bonds. The van der Waals surface area contributed by atoms with E-state index in [1.165, 1.54) is 0 Å². The van der Waals surface area contributed by atoms with Crippen molar-refractivity contribution in [2.24, 2.45) is 5.41 Å². The van der Waals surface area contributed by atoms with Crippen LogP contribution in [0.3, 0.4) is 0 Å². The fraction of sp³-hybridized carbons (Fsp3) is 0.354. The number of nitrogens with zero attached hydrogens (tertiary/aromatic N) is 2. The maximum atomic E-state index is 14.1. The van der Waals surface area contributed by atoms with Crippen LogP contribution in [0.4, 0.5) is 11.4 Å². The predicted molar refractivity (Wildman–Crippen MR) is 255 cm³/mol. The average molecular weight is 961 g/mol. The van der Waals surface area contributed by atoms with Crippen molar-refractivity contribution < 1.29 is 58.2 Å². The first-order valence-corrected chi connectivity index (χ1v) is 26.3. The number of fused-ring (bicyclic) bond motifs is 6. The second-order valence-electron chi connectivity index (χ2n) is 18.2. The van der Waals surface area contributed by atoms with Crippen molar-refractivity contribution in [1.82, 2.24) is 5.32 Å². The quantitative estimate of drug-likeness (QED) is 0.0438. The van der Waals surface area contributed by atoms with Crippen LogP contribution in [0, 0.1) is 5.41 Å². The number of carbonyl (C=O) groups is 2. The highest BCUT2D eigenvalue weighted by molar-refractivity contribution is 7.86. The molecule has 0 spiro atoms. The van der Waals surface area contributed by atoms with Crippen LogP contribution in [0.25, 0.3) is 21.5 Å². The van der Waals surface area contributed by atoms with Gasteiger partial charge in [0.25, 0.3) is 30.4 Å². The van der Waals surface area contributed by atoms with E-state index in [-0.39, 0.29) is 38.8 Å². The van der Waals surface area contributed by atoms with Gasteiger partial charge in [-0.1, -0.05) is 86.7 Å². The summed E-state index contributed by atoms with van der Waals surface area (Å²) in [7, 11) is -13.0. The van der Waals surface area contributed by atoms with Gasteiger partial charge in [-0.3, -0.25) is 23.2 Å². The standard InChI is InChI=1S/C48H53N3O12S3/c1-46(2)40(50(24-9-26-64(55,56)57)38-19-17-34-11-5-7-13-36(34)42(38)46)21-15-32-29-33(31-48(30-32,45(53)54)44(52)49-23-28-66(61,62)63)16-22-41-47(3,4)43-37-14-8-6-12-35(37)18-20-39(43)51(41)25-10-27-65(58,59)60/h5-8,11-22,29H,9-10,23-28,30-31H2,1-4H3,(H4-,49,52,53,54,55,56,57,58,59,60,61,62,63)/p+1. The van der Waals surface area contributed by atoms with Crippen molar-refractivity contribution in [3.8, 4) is 0 Å². The number of nitrogens with one attached hydrogen (secondary N) is 1. The normalized spacial score (nSPS) is 20.7. The van der Waals surface area contributed by atoms with Gasteiger partial charge in [-0.05, 0) is 89.6 Å². The van der Waals surface area contributed by atoms with Crippen LogP contribution in [-0.2, 0) is 50.8 Å². The van der Waals surface area contributed by atoms with Crippen LogP contribution in [0.2, 0.25) is 0 Å². The SMILES string of the molecule is CC1(C)C(/C=C/C2=CC(=C/C=C3/N(CCCS(=O)(=O)O)c4ccc5ccccc5c4C3(C)C)/CC(C(=O)O)(C(=O)NCCS(=O)(=O)O)C2)=[N+](CCCS(=O)(=O)O)c2ccc3ccccc3c21. The fourth-order valence-corrected chi connectivity index (χ4v) is 11.3. The summed E-state index contributed by atoms with van der Waals surface area (Å²) in [5.41, 5.74) is 2.54. The predicted octanol–water partition coefficient (Wildman–Crippen LogP) is 6.88. The number of hydrogen-bond acceptors (Lipinski definition) is 9. The summed E-state index contributed by atoms with van der Waals surface area (Å²) in [4.78, 5) is 29.5. The Kier molecular flexibility index (Phi) is 13.2. The molecular formula is C48H54N3O12S3+. The molecule has 0 bridgehead atoms. The molecular weight excluding hydrogens is 907 g/mol. The topological polar surface area (TPSA) is 236 Å². The van der Waals surface area contributed by atoms with E-state index in [1.54, 1.807) is 18.2 Å². The second-order valence-corrected chi connectivity index (χ2v) is 22.9. The first-order chi connectivity index (χ1) is 30.8. The molecule has 1 aliphatic carbocycles. The zero-order valence-corrected chi connectivity index (χ0v) is 39.5. The molecule has 1 atom stereocenters. The van der Waals surface area contributed by atoms with Crippen LogP contribution in [0.1, 0.15) is 64.5 Å². The van der Waals surface area contributed by atoms with Crippen molar-refractivity contribution >= 4 is 80.9 Å². The molecule has 66 heavy (non-hydrogen) atoms. The van der Waals surface area contributed by atoms with Gasteiger partial charge in [0.2, 0.25) is 11.6 Å². The molecule has 1 unspecified atom stereocenters. The molecule has 7 rings (SSSR count). The van der Waals surface area contributed by atoms with E-state index in [9.17, 15) is 53.6 Å². The zero-order valence-electron chi connectivity index (χ0n) is 37.1. The number of carbonyl (C=O) groups excluding carboxylic acids is 1. The monoisotopic (exact) mass is 960 g/mol. The summed E-state index contributed by atoms with van der Waals surface area (Å²) in [5, 5.41) is 17.3. The number of amides is 1. The third kappa shape index (κ3) is 9.94. The number of rotatable bonds is 16. The summed E-state index contributed by atoms with van der Waals surface area (Å²) in [6.45, 7) is 8.02. The number of allylic oxidation sites excluding steroid dienone is 8. The third-order valence-corrected chi connectivity index (χ3v) is 15.2. The Bertz CT molecular complexity index is 3170. The summed E-state index contributed by atoms with van der Waals surface area (Å²) >= 11 is 0. The number of aliphatic carboxylic acids is 1. The molecule has 5 N–H and O–H groups in total. The number of carboxylic acid groups (broad SMARTS) is 1. The number of benzene rings is 4.